The number of anilines is 1. The Balaban J connectivity index is 0.00000338. The average Bonchev–Trinajstić information content (AvgIpc) is 2.60. The summed E-state index contributed by atoms with van der Waals surface area (Å²) in [6.45, 7) is 4.14. The predicted octanol–water partition coefficient (Wildman–Crippen LogP) is 1.11. The fraction of sp³-hybridized carbons (Fsp3) is 0.529. The standard InChI is InChI=1S/C17H25FN4O3.2ClH/c1-12(16(23)20-14-5-3-4-13(18)10-14)21-6-8-22(9-7-21)17(24)15(19)11-25-2;;/h3-5,10,12,15H,6-9,11,19H2,1-2H3,(H,20,23);2*1H. The number of hydrogen-bond acceptors (Lipinski definition) is 5. The quantitative estimate of drug-likeness (QED) is 0.713. The summed E-state index contributed by atoms with van der Waals surface area (Å²) in [5.74, 6) is -0.746. The van der Waals surface area contributed by atoms with E-state index in [1.54, 1.807) is 24.0 Å². The number of methoxy groups -OCH3 is 1. The molecular formula is C17H27Cl2FN4O3. The van der Waals surface area contributed by atoms with Crippen molar-refractivity contribution in [3.8, 4) is 0 Å². The first kappa shape index (κ1) is 25.6. The first-order chi connectivity index (χ1) is 11.9. The zero-order chi connectivity index (χ0) is 18.4. The fourth-order valence-corrected chi connectivity index (χ4v) is 2.79. The lowest BCUT2D eigenvalue weighted by Gasteiger charge is -2.38. The van der Waals surface area contributed by atoms with Crippen molar-refractivity contribution in [2.45, 2.75) is 19.0 Å². The largest absolute Gasteiger partial charge is 0.383 e. The summed E-state index contributed by atoms with van der Waals surface area (Å²) in [6, 6.07) is 4.74. The summed E-state index contributed by atoms with van der Waals surface area (Å²) in [5, 5.41) is 2.71. The van der Waals surface area contributed by atoms with Gasteiger partial charge in [0.15, 0.2) is 0 Å². The summed E-state index contributed by atoms with van der Waals surface area (Å²) in [7, 11) is 1.50. The van der Waals surface area contributed by atoms with E-state index in [1.807, 2.05) is 4.90 Å². The number of ether oxygens (including phenoxy) is 1. The lowest BCUT2D eigenvalue weighted by molar-refractivity contribution is -0.136. The van der Waals surface area contributed by atoms with E-state index in [-0.39, 0.29) is 49.3 Å². The molecule has 2 unspecified atom stereocenters. The van der Waals surface area contributed by atoms with Crippen molar-refractivity contribution < 1.29 is 18.7 Å². The molecule has 1 aliphatic heterocycles. The van der Waals surface area contributed by atoms with E-state index < -0.39 is 11.9 Å². The number of halogens is 3. The molecule has 1 aliphatic rings. The number of amides is 2. The van der Waals surface area contributed by atoms with Crippen LogP contribution in [0.3, 0.4) is 0 Å². The van der Waals surface area contributed by atoms with Crippen LogP contribution < -0.4 is 11.1 Å². The molecule has 0 spiro atoms. The van der Waals surface area contributed by atoms with Gasteiger partial charge in [-0.2, -0.15) is 0 Å². The van der Waals surface area contributed by atoms with Crippen molar-refractivity contribution in [1.82, 2.24) is 9.80 Å². The topological polar surface area (TPSA) is 87.9 Å². The summed E-state index contributed by atoms with van der Waals surface area (Å²) in [4.78, 5) is 28.2. The lowest BCUT2D eigenvalue weighted by atomic mass is 10.2. The van der Waals surface area contributed by atoms with Crippen molar-refractivity contribution in [1.29, 1.82) is 0 Å². The SMILES string of the molecule is COCC(N)C(=O)N1CCN(C(C)C(=O)Nc2cccc(F)c2)CC1.Cl.Cl. The Labute approximate surface area is 171 Å². The molecule has 154 valence electrons. The molecule has 1 heterocycles. The minimum absolute atomic E-state index is 0. The van der Waals surface area contributed by atoms with Crippen molar-refractivity contribution in [2.75, 3.05) is 45.2 Å². The molecule has 0 bridgehead atoms. The van der Waals surface area contributed by atoms with Gasteiger partial charge in [0.1, 0.15) is 11.9 Å². The molecule has 1 aromatic carbocycles. The molecule has 1 aromatic rings. The van der Waals surface area contributed by atoms with E-state index in [1.165, 1.54) is 19.2 Å². The van der Waals surface area contributed by atoms with Crippen LogP contribution in [-0.4, -0.2) is 73.6 Å². The number of piperazine rings is 1. The number of nitrogens with zero attached hydrogens (tertiary/aromatic N) is 2. The van der Waals surface area contributed by atoms with Crippen LogP contribution in [0.1, 0.15) is 6.92 Å². The number of nitrogens with one attached hydrogen (secondary N) is 1. The zero-order valence-electron chi connectivity index (χ0n) is 15.4. The van der Waals surface area contributed by atoms with Crippen molar-refractivity contribution >= 4 is 42.3 Å². The van der Waals surface area contributed by atoms with E-state index >= 15 is 0 Å². The highest BCUT2D eigenvalue weighted by Crippen LogP contribution is 2.12. The number of rotatable bonds is 6. The van der Waals surface area contributed by atoms with Gasteiger partial charge in [-0.15, -0.1) is 24.8 Å². The highest BCUT2D eigenvalue weighted by Gasteiger charge is 2.29. The van der Waals surface area contributed by atoms with Crippen molar-refractivity contribution in [3.05, 3.63) is 30.1 Å². The molecule has 0 saturated carbocycles. The third-order valence-corrected chi connectivity index (χ3v) is 4.31. The monoisotopic (exact) mass is 424 g/mol. The summed E-state index contributed by atoms with van der Waals surface area (Å²) in [6.07, 6.45) is 0. The molecule has 3 N–H and O–H groups in total. The summed E-state index contributed by atoms with van der Waals surface area (Å²) < 4.78 is 18.1. The van der Waals surface area contributed by atoms with Gasteiger partial charge in [0, 0.05) is 39.0 Å². The number of hydrogen-bond donors (Lipinski definition) is 2. The van der Waals surface area contributed by atoms with Crippen molar-refractivity contribution in [3.63, 3.8) is 0 Å². The average molecular weight is 425 g/mol. The van der Waals surface area contributed by atoms with Gasteiger partial charge in [-0.05, 0) is 25.1 Å². The van der Waals surface area contributed by atoms with Gasteiger partial charge in [-0.3, -0.25) is 14.5 Å². The van der Waals surface area contributed by atoms with E-state index in [0.717, 1.165) is 0 Å². The van der Waals surface area contributed by atoms with Crippen LogP contribution in [0.15, 0.2) is 24.3 Å². The highest BCUT2D eigenvalue weighted by molar-refractivity contribution is 5.94. The van der Waals surface area contributed by atoms with Crippen LogP contribution in [-0.2, 0) is 14.3 Å². The second kappa shape index (κ2) is 12.1. The number of carbonyl (C=O) groups is 2. The molecule has 0 aliphatic carbocycles. The zero-order valence-corrected chi connectivity index (χ0v) is 17.0. The highest BCUT2D eigenvalue weighted by atomic mass is 35.5. The smallest absolute Gasteiger partial charge is 0.241 e. The van der Waals surface area contributed by atoms with Gasteiger partial charge in [0.25, 0.3) is 0 Å². The maximum atomic E-state index is 13.2. The van der Waals surface area contributed by atoms with E-state index in [2.05, 4.69) is 5.32 Å². The van der Waals surface area contributed by atoms with Crippen LogP contribution in [0.4, 0.5) is 10.1 Å². The molecule has 27 heavy (non-hydrogen) atoms. The Hall–Kier alpha value is -1.45. The van der Waals surface area contributed by atoms with Gasteiger partial charge in [-0.1, -0.05) is 6.07 Å². The third-order valence-electron chi connectivity index (χ3n) is 4.31. The number of benzene rings is 1. The van der Waals surface area contributed by atoms with Crippen LogP contribution in [0.5, 0.6) is 0 Å². The molecule has 10 heteroatoms. The van der Waals surface area contributed by atoms with Gasteiger partial charge < -0.3 is 20.7 Å². The number of carbonyl (C=O) groups excluding carboxylic acids is 2. The van der Waals surface area contributed by atoms with Gasteiger partial charge in [0.05, 0.1) is 12.6 Å². The van der Waals surface area contributed by atoms with Crippen LogP contribution >= 0.6 is 24.8 Å². The second-order valence-electron chi connectivity index (χ2n) is 6.10. The Morgan fingerprint density at radius 3 is 2.44 bits per heavy atom. The predicted molar refractivity (Wildman–Crippen MR) is 107 cm³/mol. The molecule has 2 rings (SSSR count). The molecule has 1 fully saturated rings. The molecule has 0 radical (unpaired) electrons. The maximum absolute atomic E-state index is 13.2. The van der Waals surface area contributed by atoms with Crippen LogP contribution in [0, 0.1) is 5.82 Å². The maximum Gasteiger partial charge on any atom is 0.241 e. The Kier molecular flexibility index (Phi) is 11.4. The first-order valence-electron chi connectivity index (χ1n) is 8.26. The molecule has 1 saturated heterocycles. The van der Waals surface area contributed by atoms with Crippen LogP contribution in [0.2, 0.25) is 0 Å². The third kappa shape index (κ3) is 7.23. The minimum atomic E-state index is -0.662. The summed E-state index contributed by atoms with van der Waals surface area (Å²) in [5.41, 5.74) is 6.20. The molecule has 7 nitrogen and oxygen atoms in total. The Morgan fingerprint density at radius 2 is 1.89 bits per heavy atom. The first-order valence-corrected chi connectivity index (χ1v) is 8.26. The molecule has 0 aromatic heterocycles. The Bertz CT molecular complexity index is 616. The Morgan fingerprint density at radius 1 is 1.26 bits per heavy atom. The van der Waals surface area contributed by atoms with Gasteiger partial charge in [0.2, 0.25) is 11.8 Å². The lowest BCUT2D eigenvalue weighted by Crippen LogP contribution is -2.57. The molecule has 2 amide bonds. The van der Waals surface area contributed by atoms with Gasteiger partial charge >= 0.3 is 0 Å². The normalized spacial score (nSPS) is 16.5. The fourth-order valence-electron chi connectivity index (χ4n) is 2.79. The minimum Gasteiger partial charge on any atom is -0.383 e. The van der Waals surface area contributed by atoms with Gasteiger partial charge in [-0.25, -0.2) is 4.39 Å². The van der Waals surface area contributed by atoms with E-state index in [0.29, 0.717) is 31.9 Å². The van der Waals surface area contributed by atoms with E-state index in [4.69, 9.17) is 10.5 Å². The summed E-state index contributed by atoms with van der Waals surface area (Å²) >= 11 is 0. The molecular weight excluding hydrogens is 398 g/mol. The number of nitrogens with two attached hydrogens (primary N) is 1. The molecule has 2 atom stereocenters. The second-order valence-corrected chi connectivity index (χ2v) is 6.10. The van der Waals surface area contributed by atoms with Crippen molar-refractivity contribution in [2.24, 2.45) is 5.73 Å². The van der Waals surface area contributed by atoms with Crippen LogP contribution in [0.25, 0.3) is 0 Å². The van der Waals surface area contributed by atoms with E-state index in [9.17, 15) is 14.0 Å².